The van der Waals surface area contributed by atoms with Crippen molar-refractivity contribution >= 4 is 50.6 Å². The van der Waals surface area contributed by atoms with Gasteiger partial charge in [-0.15, -0.1) is 0 Å². The molecule has 3 aromatic rings. The number of alkyl halides is 3. The van der Waals surface area contributed by atoms with E-state index in [0.29, 0.717) is 17.9 Å². The third kappa shape index (κ3) is 6.43. The molecule has 1 heterocycles. The number of hydrogen-bond acceptors (Lipinski definition) is 4. The number of nitrogens with one attached hydrogen (secondary N) is 1. The van der Waals surface area contributed by atoms with Gasteiger partial charge in [0.1, 0.15) is 18.2 Å². The maximum absolute atomic E-state index is 12.6. The van der Waals surface area contributed by atoms with Crippen molar-refractivity contribution < 1.29 is 17.9 Å². The Morgan fingerprint density at radius 2 is 1.86 bits per heavy atom. The predicted octanol–water partition coefficient (Wildman–Crippen LogP) is 6.49. The smallest absolute Gasteiger partial charge is 0.417 e. The molecule has 29 heavy (non-hydrogen) atoms. The summed E-state index contributed by atoms with van der Waals surface area (Å²) in [6, 6.07) is 15.6. The van der Waals surface area contributed by atoms with Gasteiger partial charge in [0, 0.05) is 19.8 Å². The number of rotatable bonds is 6. The molecule has 0 aliphatic rings. The first kappa shape index (κ1) is 21.6. The van der Waals surface area contributed by atoms with Crippen molar-refractivity contribution in [1.29, 1.82) is 0 Å². The predicted molar refractivity (Wildman–Crippen MR) is 118 cm³/mol. The number of pyridine rings is 1. The van der Waals surface area contributed by atoms with Crippen molar-refractivity contribution in [3.05, 3.63) is 85.5 Å². The fraction of sp³-hybridized carbons (Fsp3) is 0.100. The number of hydrazone groups is 1. The molecular formula is C20H14BrF3IN3O. The Labute approximate surface area is 187 Å². The lowest BCUT2D eigenvalue weighted by atomic mass is 10.2. The summed E-state index contributed by atoms with van der Waals surface area (Å²) in [5.41, 5.74) is 3.53. The summed E-state index contributed by atoms with van der Waals surface area (Å²) in [6.45, 7) is 0.396. The molecule has 150 valence electrons. The van der Waals surface area contributed by atoms with Gasteiger partial charge in [0.05, 0.1) is 11.8 Å². The lowest BCUT2D eigenvalue weighted by molar-refractivity contribution is -0.137. The molecule has 3 rings (SSSR count). The molecule has 0 aliphatic carbocycles. The summed E-state index contributed by atoms with van der Waals surface area (Å²) in [7, 11) is 0. The first-order chi connectivity index (χ1) is 13.8. The van der Waals surface area contributed by atoms with Gasteiger partial charge in [-0.3, -0.25) is 5.43 Å². The number of hydrogen-bond donors (Lipinski definition) is 1. The van der Waals surface area contributed by atoms with Crippen molar-refractivity contribution in [2.24, 2.45) is 5.10 Å². The van der Waals surface area contributed by atoms with E-state index in [9.17, 15) is 13.2 Å². The summed E-state index contributed by atoms with van der Waals surface area (Å²) in [6.07, 6.45) is -2.14. The van der Waals surface area contributed by atoms with E-state index in [2.05, 4.69) is 54.0 Å². The van der Waals surface area contributed by atoms with Crippen LogP contribution in [-0.4, -0.2) is 11.2 Å². The lowest BCUT2D eigenvalue weighted by Gasteiger charge is -2.10. The molecule has 1 N–H and O–H groups in total. The molecular weight excluding hydrogens is 562 g/mol. The monoisotopic (exact) mass is 575 g/mol. The van der Waals surface area contributed by atoms with E-state index in [4.69, 9.17) is 4.74 Å². The van der Waals surface area contributed by atoms with E-state index >= 15 is 0 Å². The van der Waals surface area contributed by atoms with Gasteiger partial charge < -0.3 is 4.74 Å². The van der Waals surface area contributed by atoms with Crippen LogP contribution in [0, 0.1) is 3.57 Å². The van der Waals surface area contributed by atoms with Gasteiger partial charge >= 0.3 is 6.18 Å². The maximum atomic E-state index is 12.6. The van der Waals surface area contributed by atoms with Crippen molar-refractivity contribution in [3.63, 3.8) is 0 Å². The van der Waals surface area contributed by atoms with E-state index in [1.165, 1.54) is 12.3 Å². The molecule has 0 radical (unpaired) electrons. The summed E-state index contributed by atoms with van der Waals surface area (Å²) < 4.78 is 45.6. The van der Waals surface area contributed by atoms with Gasteiger partial charge in [-0.2, -0.15) is 18.3 Å². The van der Waals surface area contributed by atoms with Crippen LogP contribution in [0.15, 0.2) is 70.4 Å². The Bertz CT molecular complexity index is 993. The van der Waals surface area contributed by atoms with Gasteiger partial charge in [0.2, 0.25) is 0 Å². The average molecular weight is 576 g/mol. The zero-order chi connectivity index (χ0) is 20.9. The number of anilines is 1. The fourth-order valence-electron chi connectivity index (χ4n) is 2.29. The Morgan fingerprint density at radius 1 is 1.10 bits per heavy atom. The van der Waals surface area contributed by atoms with Crippen molar-refractivity contribution in [3.8, 4) is 5.75 Å². The minimum Gasteiger partial charge on any atom is -0.488 e. The molecule has 0 saturated heterocycles. The molecule has 9 heteroatoms. The van der Waals surface area contributed by atoms with Crippen LogP contribution in [0.5, 0.6) is 5.75 Å². The van der Waals surface area contributed by atoms with Crippen LogP contribution in [0.2, 0.25) is 0 Å². The molecule has 0 fully saturated rings. The van der Waals surface area contributed by atoms with Crippen LogP contribution in [0.4, 0.5) is 19.0 Å². The van der Waals surface area contributed by atoms with Crippen LogP contribution in [0.25, 0.3) is 0 Å². The lowest BCUT2D eigenvalue weighted by Crippen LogP contribution is -2.05. The normalized spacial score (nSPS) is 11.6. The number of benzene rings is 2. The summed E-state index contributed by atoms with van der Waals surface area (Å²) >= 11 is 5.65. The van der Waals surface area contributed by atoms with Crippen LogP contribution in [0.1, 0.15) is 16.7 Å². The average Bonchev–Trinajstić information content (AvgIpc) is 2.68. The first-order valence-electron chi connectivity index (χ1n) is 8.30. The standard InChI is InChI=1S/C20H14BrF3IN3O/c21-16-4-7-18(29-12-13-1-5-17(25)6-2-13)14(9-16)10-27-28-19-8-3-15(11-26-19)20(22,23)24/h1-11H,12H2,(H,26,28)/b27-10-. The van der Waals surface area contributed by atoms with Crippen LogP contribution < -0.4 is 10.2 Å². The maximum Gasteiger partial charge on any atom is 0.417 e. The minimum absolute atomic E-state index is 0.200. The second kappa shape index (κ2) is 9.57. The third-order valence-corrected chi connectivity index (χ3v) is 4.97. The zero-order valence-corrected chi connectivity index (χ0v) is 18.5. The van der Waals surface area contributed by atoms with E-state index < -0.39 is 11.7 Å². The molecule has 4 nitrogen and oxygen atoms in total. The van der Waals surface area contributed by atoms with E-state index in [0.717, 1.165) is 25.9 Å². The molecule has 0 unspecified atom stereocenters. The second-order valence-electron chi connectivity index (χ2n) is 5.90. The highest BCUT2D eigenvalue weighted by molar-refractivity contribution is 14.1. The highest BCUT2D eigenvalue weighted by Crippen LogP contribution is 2.29. The quantitative estimate of drug-likeness (QED) is 0.207. The molecule has 0 bridgehead atoms. The zero-order valence-electron chi connectivity index (χ0n) is 14.8. The van der Waals surface area contributed by atoms with E-state index in [1.807, 2.05) is 42.5 Å². The highest BCUT2D eigenvalue weighted by Gasteiger charge is 2.30. The molecule has 0 atom stereocenters. The van der Waals surface area contributed by atoms with Gasteiger partial charge in [-0.25, -0.2) is 4.98 Å². The van der Waals surface area contributed by atoms with Gasteiger partial charge in [-0.05, 0) is 70.6 Å². The van der Waals surface area contributed by atoms with Gasteiger partial charge in [0.15, 0.2) is 0 Å². The second-order valence-corrected chi connectivity index (χ2v) is 8.06. The summed E-state index contributed by atoms with van der Waals surface area (Å²) in [5, 5.41) is 4.05. The fourth-order valence-corrected chi connectivity index (χ4v) is 3.03. The first-order valence-corrected chi connectivity index (χ1v) is 10.2. The van der Waals surface area contributed by atoms with Crippen molar-refractivity contribution in [1.82, 2.24) is 4.98 Å². The largest absolute Gasteiger partial charge is 0.488 e. The molecule has 0 spiro atoms. The Balaban J connectivity index is 1.68. The summed E-state index contributed by atoms with van der Waals surface area (Å²) in [5.74, 6) is 0.822. The molecule has 0 saturated carbocycles. The van der Waals surface area contributed by atoms with E-state index in [-0.39, 0.29) is 5.82 Å². The summed E-state index contributed by atoms with van der Waals surface area (Å²) in [4.78, 5) is 3.71. The van der Waals surface area contributed by atoms with Gasteiger partial charge in [0.25, 0.3) is 0 Å². The SMILES string of the molecule is FC(F)(F)c1ccc(N/N=C\c2cc(Br)ccc2OCc2ccc(I)cc2)nc1. The molecule has 0 aliphatic heterocycles. The Kier molecular flexibility index (Phi) is 7.12. The number of nitrogens with zero attached hydrogens (tertiary/aromatic N) is 2. The van der Waals surface area contributed by atoms with Crippen LogP contribution >= 0.6 is 38.5 Å². The van der Waals surface area contributed by atoms with Crippen LogP contribution in [-0.2, 0) is 12.8 Å². The number of ether oxygens (including phenoxy) is 1. The minimum atomic E-state index is -4.42. The molecule has 2 aromatic carbocycles. The topological polar surface area (TPSA) is 46.5 Å². The van der Waals surface area contributed by atoms with Crippen molar-refractivity contribution in [2.45, 2.75) is 12.8 Å². The third-order valence-electron chi connectivity index (χ3n) is 3.75. The number of aromatic nitrogens is 1. The molecule has 0 amide bonds. The van der Waals surface area contributed by atoms with Gasteiger partial charge in [-0.1, -0.05) is 28.1 Å². The highest BCUT2D eigenvalue weighted by atomic mass is 127. The van der Waals surface area contributed by atoms with Crippen molar-refractivity contribution in [2.75, 3.05) is 5.43 Å². The van der Waals surface area contributed by atoms with E-state index in [1.54, 1.807) is 0 Å². The number of halogens is 5. The van der Waals surface area contributed by atoms with Crippen LogP contribution in [0.3, 0.4) is 0 Å². The molecule has 1 aromatic heterocycles. The Morgan fingerprint density at radius 3 is 2.52 bits per heavy atom. The Hall–Kier alpha value is -2.14.